The summed E-state index contributed by atoms with van der Waals surface area (Å²) >= 11 is 1.50. The molecule has 1 aromatic heterocycles. The van der Waals surface area contributed by atoms with Crippen molar-refractivity contribution in [2.75, 3.05) is 26.2 Å². The van der Waals surface area contributed by atoms with Gasteiger partial charge in [-0.05, 0) is 38.3 Å². The van der Waals surface area contributed by atoms with Gasteiger partial charge in [-0.3, -0.25) is 4.79 Å². The molecule has 6 heteroatoms. The van der Waals surface area contributed by atoms with Crippen LogP contribution in [-0.2, 0) is 0 Å². The van der Waals surface area contributed by atoms with Gasteiger partial charge in [0.1, 0.15) is 4.88 Å². The number of amides is 1. The van der Waals surface area contributed by atoms with Gasteiger partial charge in [-0.1, -0.05) is 0 Å². The van der Waals surface area contributed by atoms with E-state index in [1.807, 2.05) is 11.8 Å². The molecule has 0 bridgehead atoms. The van der Waals surface area contributed by atoms with Crippen LogP contribution in [0.15, 0.2) is 6.20 Å². The number of piperidine rings is 1. The Morgan fingerprint density at radius 1 is 1.50 bits per heavy atom. The molecule has 2 saturated heterocycles. The van der Waals surface area contributed by atoms with Crippen molar-refractivity contribution in [2.24, 2.45) is 11.8 Å². The van der Waals surface area contributed by atoms with E-state index < -0.39 is 0 Å². The molecule has 0 aromatic carbocycles. The Hall–Kier alpha value is -0.650. The van der Waals surface area contributed by atoms with Crippen molar-refractivity contribution in [1.82, 2.24) is 15.2 Å². The number of likely N-dealkylation sites (tertiary alicyclic amines) is 1. The largest absolute Gasteiger partial charge is 0.338 e. The lowest BCUT2D eigenvalue weighted by Crippen LogP contribution is -2.43. The Morgan fingerprint density at radius 2 is 2.28 bits per heavy atom. The highest BCUT2D eigenvalue weighted by Gasteiger charge is 2.34. The normalized spacial score (nSPS) is 26.6. The molecule has 3 rings (SSSR count). The van der Waals surface area contributed by atoms with Gasteiger partial charge >= 0.3 is 0 Å². The van der Waals surface area contributed by atoms with Crippen LogP contribution in [0.5, 0.6) is 0 Å². The minimum atomic E-state index is 0. The van der Waals surface area contributed by atoms with Crippen LogP contribution in [0, 0.1) is 18.8 Å². The molecule has 0 spiro atoms. The van der Waals surface area contributed by atoms with Gasteiger partial charge in [0, 0.05) is 13.1 Å². The van der Waals surface area contributed by atoms with Gasteiger partial charge in [0.15, 0.2) is 0 Å². The topological polar surface area (TPSA) is 45.2 Å². The van der Waals surface area contributed by atoms with Crippen molar-refractivity contribution in [3.8, 4) is 0 Å². The summed E-state index contributed by atoms with van der Waals surface area (Å²) in [5.74, 6) is 1.60. The van der Waals surface area contributed by atoms with Crippen LogP contribution in [0.3, 0.4) is 0 Å². The van der Waals surface area contributed by atoms with Crippen molar-refractivity contribution < 1.29 is 4.79 Å². The smallest absolute Gasteiger partial charge is 0.265 e. The molecule has 18 heavy (non-hydrogen) atoms. The summed E-state index contributed by atoms with van der Waals surface area (Å²) < 4.78 is 0. The first-order chi connectivity index (χ1) is 8.24. The summed E-state index contributed by atoms with van der Waals surface area (Å²) in [5, 5.41) is 4.38. The summed E-state index contributed by atoms with van der Waals surface area (Å²) in [6.45, 7) is 5.95. The highest BCUT2D eigenvalue weighted by molar-refractivity contribution is 7.13. The lowest BCUT2D eigenvalue weighted by molar-refractivity contribution is 0.0647. The fourth-order valence-electron chi connectivity index (χ4n) is 2.84. The molecule has 1 N–H and O–H groups in total. The van der Waals surface area contributed by atoms with Crippen LogP contribution in [0.2, 0.25) is 0 Å². The Bertz CT molecular complexity index is 437. The fraction of sp³-hybridized carbons (Fsp3) is 0.667. The van der Waals surface area contributed by atoms with Gasteiger partial charge < -0.3 is 10.2 Å². The van der Waals surface area contributed by atoms with E-state index in [-0.39, 0.29) is 18.3 Å². The Balaban J connectivity index is 0.00000120. The highest BCUT2D eigenvalue weighted by atomic mass is 35.5. The van der Waals surface area contributed by atoms with Crippen LogP contribution >= 0.6 is 23.7 Å². The quantitative estimate of drug-likeness (QED) is 0.852. The zero-order chi connectivity index (χ0) is 11.8. The Kier molecular flexibility index (Phi) is 4.25. The number of nitrogens with zero attached hydrogens (tertiary/aromatic N) is 2. The van der Waals surface area contributed by atoms with E-state index in [4.69, 9.17) is 0 Å². The lowest BCUT2D eigenvalue weighted by atomic mass is 9.88. The molecular weight excluding hydrogens is 270 g/mol. The van der Waals surface area contributed by atoms with E-state index >= 15 is 0 Å². The minimum absolute atomic E-state index is 0. The van der Waals surface area contributed by atoms with Crippen LogP contribution in [0.25, 0.3) is 0 Å². The number of rotatable bonds is 1. The average Bonchev–Trinajstić information content (AvgIpc) is 2.95. The van der Waals surface area contributed by atoms with E-state index in [0.29, 0.717) is 5.92 Å². The molecule has 2 aliphatic heterocycles. The first-order valence-electron chi connectivity index (χ1n) is 6.16. The molecule has 0 aliphatic carbocycles. The van der Waals surface area contributed by atoms with Crippen molar-refractivity contribution >= 4 is 29.7 Å². The number of nitrogens with one attached hydrogen (secondary N) is 1. The summed E-state index contributed by atoms with van der Waals surface area (Å²) in [4.78, 5) is 19.2. The zero-order valence-corrected chi connectivity index (χ0v) is 12.0. The molecule has 0 saturated carbocycles. The van der Waals surface area contributed by atoms with Crippen LogP contribution in [0.4, 0.5) is 0 Å². The zero-order valence-electron chi connectivity index (χ0n) is 10.4. The molecule has 3 heterocycles. The number of aromatic nitrogens is 1. The standard InChI is InChI=1S/C12H17N3OS.ClH/c1-8-14-6-11(17-8)12(16)15-3-2-9-4-13-5-10(9)7-15;/h6,9-10,13H,2-5,7H2,1H3;1H. The van der Waals surface area contributed by atoms with E-state index in [1.54, 1.807) is 6.20 Å². The number of fused-ring (bicyclic) bond motifs is 1. The minimum Gasteiger partial charge on any atom is -0.338 e. The molecule has 1 aromatic rings. The molecule has 2 atom stereocenters. The maximum Gasteiger partial charge on any atom is 0.265 e. The van der Waals surface area contributed by atoms with E-state index in [0.717, 1.165) is 48.4 Å². The third kappa shape index (κ3) is 2.53. The first kappa shape index (κ1) is 13.8. The van der Waals surface area contributed by atoms with Crippen LogP contribution in [-0.4, -0.2) is 42.0 Å². The average molecular weight is 288 g/mol. The second-order valence-electron chi connectivity index (χ2n) is 4.96. The number of aryl methyl sites for hydroxylation is 1. The Labute approximate surface area is 117 Å². The lowest BCUT2D eigenvalue weighted by Gasteiger charge is -2.34. The number of carbonyl (C=O) groups excluding carboxylic acids is 1. The molecule has 2 fully saturated rings. The predicted octanol–water partition coefficient (Wildman–Crippen LogP) is 1.55. The molecule has 2 unspecified atom stereocenters. The number of halogens is 1. The van der Waals surface area contributed by atoms with Gasteiger partial charge in [0.05, 0.1) is 11.2 Å². The summed E-state index contributed by atoms with van der Waals surface area (Å²) in [6.07, 6.45) is 2.85. The van der Waals surface area contributed by atoms with Crippen LogP contribution < -0.4 is 5.32 Å². The number of carbonyl (C=O) groups is 1. The summed E-state index contributed by atoms with van der Waals surface area (Å²) in [7, 11) is 0. The molecule has 0 radical (unpaired) electrons. The van der Waals surface area contributed by atoms with Crippen LogP contribution in [0.1, 0.15) is 21.1 Å². The molecule has 2 aliphatic rings. The SMILES string of the molecule is Cc1ncc(C(=O)N2CCC3CNCC3C2)s1.Cl. The summed E-state index contributed by atoms with van der Waals surface area (Å²) in [5.41, 5.74) is 0. The van der Waals surface area contributed by atoms with Gasteiger partial charge in [-0.25, -0.2) is 4.98 Å². The van der Waals surface area contributed by atoms with Gasteiger partial charge in [-0.2, -0.15) is 0 Å². The Morgan fingerprint density at radius 3 is 3.00 bits per heavy atom. The molecule has 100 valence electrons. The maximum atomic E-state index is 12.3. The molecule has 4 nitrogen and oxygen atoms in total. The number of thiazole rings is 1. The third-order valence-corrected chi connectivity index (χ3v) is 4.72. The maximum absolute atomic E-state index is 12.3. The molecule has 1 amide bonds. The number of hydrogen-bond donors (Lipinski definition) is 1. The number of hydrogen-bond acceptors (Lipinski definition) is 4. The van der Waals surface area contributed by atoms with Crippen molar-refractivity contribution in [3.63, 3.8) is 0 Å². The second-order valence-corrected chi connectivity index (χ2v) is 6.20. The first-order valence-corrected chi connectivity index (χ1v) is 6.98. The van der Waals surface area contributed by atoms with Gasteiger partial charge in [0.25, 0.3) is 5.91 Å². The van der Waals surface area contributed by atoms with Gasteiger partial charge in [-0.15, -0.1) is 23.7 Å². The second kappa shape index (κ2) is 5.55. The predicted molar refractivity (Wildman–Crippen MR) is 74.5 cm³/mol. The highest BCUT2D eigenvalue weighted by Crippen LogP contribution is 2.28. The fourth-order valence-corrected chi connectivity index (χ4v) is 3.58. The van der Waals surface area contributed by atoms with Crippen molar-refractivity contribution in [3.05, 3.63) is 16.1 Å². The van der Waals surface area contributed by atoms with Crippen molar-refractivity contribution in [2.45, 2.75) is 13.3 Å². The van der Waals surface area contributed by atoms with E-state index in [1.165, 1.54) is 11.3 Å². The molecular formula is C12H18ClN3OS. The summed E-state index contributed by atoms with van der Waals surface area (Å²) in [6, 6.07) is 0. The van der Waals surface area contributed by atoms with Gasteiger partial charge in [0.2, 0.25) is 0 Å². The van der Waals surface area contributed by atoms with Crippen molar-refractivity contribution in [1.29, 1.82) is 0 Å². The van der Waals surface area contributed by atoms with E-state index in [9.17, 15) is 4.79 Å². The third-order valence-electron chi connectivity index (χ3n) is 3.82. The monoisotopic (exact) mass is 287 g/mol. The van der Waals surface area contributed by atoms with E-state index in [2.05, 4.69) is 10.3 Å².